The van der Waals surface area contributed by atoms with Crippen LogP contribution in [0.1, 0.15) is 58.8 Å². The van der Waals surface area contributed by atoms with E-state index < -0.39 is 0 Å². The lowest BCUT2D eigenvalue weighted by atomic mass is 9.87. The van der Waals surface area contributed by atoms with Crippen LogP contribution in [0.2, 0.25) is 0 Å². The van der Waals surface area contributed by atoms with Gasteiger partial charge in [-0.1, -0.05) is 17.7 Å². The number of nitrogens with two attached hydrogens (primary N) is 1. The molecule has 4 nitrogen and oxygen atoms in total. The monoisotopic (exact) mass is 349 g/mol. The van der Waals surface area contributed by atoms with Crippen LogP contribution in [0.15, 0.2) is 36.4 Å². The fraction of sp³-hybridized carbons (Fsp3) is 0.409. The number of nitrogens with zero attached hydrogens (tertiary/aromatic N) is 1. The van der Waals surface area contributed by atoms with Crippen LogP contribution in [0, 0.1) is 6.92 Å². The third kappa shape index (κ3) is 3.28. The Kier molecular flexibility index (Phi) is 4.58. The van der Waals surface area contributed by atoms with E-state index in [-0.39, 0.29) is 11.9 Å². The molecule has 0 spiro atoms. The number of aryl methyl sites for hydroxylation is 2. The van der Waals surface area contributed by atoms with Crippen molar-refractivity contribution in [2.75, 3.05) is 23.7 Å². The van der Waals surface area contributed by atoms with Crippen molar-refractivity contribution in [3.63, 3.8) is 0 Å². The van der Waals surface area contributed by atoms with Crippen molar-refractivity contribution in [3.8, 4) is 0 Å². The summed E-state index contributed by atoms with van der Waals surface area (Å²) in [6, 6.07) is 12.4. The van der Waals surface area contributed by atoms with Gasteiger partial charge in [-0.05, 0) is 74.4 Å². The first-order valence-corrected chi connectivity index (χ1v) is 9.66. The Morgan fingerprint density at radius 3 is 2.73 bits per heavy atom. The maximum atomic E-state index is 13.2. The van der Waals surface area contributed by atoms with Crippen molar-refractivity contribution in [1.82, 2.24) is 5.32 Å². The molecule has 1 amide bonds. The van der Waals surface area contributed by atoms with Crippen LogP contribution in [0.4, 0.5) is 11.4 Å². The molecular formula is C22H27N3O. The van der Waals surface area contributed by atoms with E-state index in [1.807, 2.05) is 19.1 Å². The van der Waals surface area contributed by atoms with Gasteiger partial charge < -0.3 is 16.0 Å². The number of fused-ring (bicyclic) bond motifs is 1. The van der Waals surface area contributed by atoms with Gasteiger partial charge in [-0.3, -0.25) is 4.79 Å². The minimum absolute atomic E-state index is 0.0327. The summed E-state index contributed by atoms with van der Waals surface area (Å²) in [5, 5.41) is 3.30. The maximum Gasteiger partial charge on any atom is 0.253 e. The highest BCUT2D eigenvalue weighted by Gasteiger charge is 2.25. The summed E-state index contributed by atoms with van der Waals surface area (Å²) in [7, 11) is 0. The summed E-state index contributed by atoms with van der Waals surface area (Å²) in [4.78, 5) is 15.5. The van der Waals surface area contributed by atoms with Crippen molar-refractivity contribution in [1.29, 1.82) is 0 Å². The molecule has 2 aromatic rings. The highest BCUT2D eigenvalue weighted by atomic mass is 16.1. The first kappa shape index (κ1) is 17.0. The number of carbonyl (C=O) groups excluding carboxylic acids is 1. The Morgan fingerprint density at radius 2 is 1.92 bits per heavy atom. The standard InChI is InChI=1S/C22H27N3O/c1-15-7-10-21(25-11-2-3-12-25)19(13-15)22(26)24-20-6-4-5-16-14-17(23)8-9-18(16)20/h7-10,13-14,20H,2-6,11-12,23H2,1H3,(H,24,26). The van der Waals surface area contributed by atoms with E-state index in [2.05, 4.69) is 34.5 Å². The summed E-state index contributed by atoms with van der Waals surface area (Å²) in [5.41, 5.74) is 12.2. The average Bonchev–Trinajstić information content (AvgIpc) is 3.16. The van der Waals surface area contributed by atoms with E-state index in [0.29, 0.717) is 0 Å². The SMILES string of the molecule is Cc1ccc(N2CCCC2)c(C(=O)NC2CCCc3cc(N)ccc32)c1. The molecule has 26 heavy (non-hydrogen) atoms. The van der Waals surface area contributed by atoms with Gasteiger partial charge in [0.15, 0.2) is 0 Å². The van der Waals surface area contributed by atoms with Crippen molar-refractivity contribution in [2.45, 2.75) is 45.1 Å². The van der Waals surface area contributed by atoms with Gasteiger partial charge in [0.2, 0.25) is 0 Å². The van der Waals surface area contributed by atoms with Gasteiger partial charge in [0.25, 0.3) is 5.91 Å². The molecule has 1 unspecified atom stereocenters. The number of nitrogen functional groups attached to an aromatic ring is 1. The molecular weight excluding hydrogens is 322 g/mol. The minimum atomic E-state index is 0.0327. The van der Waals surface area contributed by atoms with E-state index in [1.165, 1.54) is 24.0 Å². The van der Waals surface area contributed by atoms with Gasteiger partial charge in [-0.2, -0.15) is 0 Å². The van der Waals surface area contributed by atoms with Gasteiger partial charge in [0.1, 0.15) is 0 Å². The van der Waals surface area contributed by atoms with Gasteiger partial charge in [0.05, 0.1) is 11.6 Å². The van der Waals surface area contributed by atoms with Crippen LogP contribution >= 0.6 is 0 Å². The predicted molar refractivity (Wildman–Crippen MR) is 107 cm³/mol. The van der Waals surface area contributed by atoms with Gasteiger partial charge in [-0.15, -0.1) is 0 Å². The largest absolute Gasteiger partial charge is 0.399 e. The molecule has 3 N–H and O–H groups in total. The Labute approximate surface area is 155 Å². The highest BCUT2D eigenvalue weighted by Crippen LogP contribution is 2.32. The molecule has 0 bridgehead atoms. The molecule has 1 aliphatic carbocycles. The van der Waals surface area contributed by atoms with Crippen molar-refractivity contribution in [3.05, 3.63) is 58.7 Å². The Hall–Kier alpha value is -2.49. The fourth-order valence-electron chi connectivity index (χ4n) is 4.29. The molecule has 4 heteroatoms. The number of anilines is 2. The molecule has 1 heterocycles. The molecule has 4 rings (SSSR count). The maximum absolute atomic E-state index is 13.2. The lowest BCUT2D eigenvalue weighted by Gasteiger charge is -2.28. The Balaban J connectivity index is 1.61. The zero-order valence-corrected chi connectivity index (χ0v) is 15.4. The molecule has 1 fully saturated rings. The second-order valence-corrected chi connectivity index (χ2v) is 7.59. The lowest BCUT2D eigenvalue weighted by molar-refractivity contribution is 0.0933. The van der Waals surface area contributed by atoms with E-state index >= 15 is 0 Å². The number of hydrogen-bond donors (Lipinski definition) is 2. The minimum Gasteiger partial charge on any atom is -0.399 e. The average molecular weight is 349 g/mol. The molecule has 0 aromatic heterocycles. The lowest BCUT2D eigenvalue weighted by Crippen LogP contribution is -2.32. The molecule has 1 atom stereocenters. The topological polar surface area (TPSA) is 58.4 Å². The number of amides is 1. The highest BCUT2D eigenvalue weighted by molar-refractivity contribution is 6.00. The second kappa shape index (κ2) is 7.02. The predicted octanol–water partition coefficient (Wildman–Crippen LogP) is 3.98. The normalized spacial score (nSPS) is 19.3. The smallest absolute Gasteiger partial charge is 0.253 e. The molecule has 0 saturated carbocycles. The first-order chi connectivity index (χ1) is 12.6. The summed E-state index contributed by atoms with van der Waals surface area (Å²) in [5.74, 6) is 0.0327. The Morgan fingerprint density at radius 1 is 1.12 bits per heavy atom. The zero-order valence-electron chi connectivity index (χ0n) is 15.4. The number of nitrogens with one attached hydrogen (secondary N) is 1. The summed E-state index contributed by atoms with van der Waals surface area (Å²) in [6.07, 6.45) is 5.50. The first-order valence-electron chi connectivity index (χ1n) is 9.66. The van der Waals surface area contributed by atoms with Gasteiger partial charge >= 0.3 is 0 Å². The molecule has 136 valence electrons. The zero-order chi connectivity index (χ0) is 18.1. The number of carbonyl (C=O) groups is 1. The van der Waals surface area contributed by atoms with Crippen LogP contribution in [0.3, 0.4) is 0 Å². The third-order valence-corrected chi connectivity index (χ3v) is 5.63. The van der Waals surface area contributed by atoms with E-state index in [9.17, 15) is 4.79 Å². The van der Waals surface area contributed by atoms with Crippen LogP contribution < -0.4 is 16.0 Å². The third-order valence-electron chi connectivity index (χ3n) is 5.63. The molecule has 1 saturated heterocycles. The van der Waals surface area contributed by atoms with E-state index in [4.69, 9.17) is 5.73 Å². The Bertz CT molecular complexity index is 824. The van der Waals surface area contributed by atoms with E-state index in [0.717, 1.165) is 54.9 Å². The van der Waals surface area contributed by atoms with Crippen LogP contribution in [0.5, 0.6) is 0 Å². The fourth-order valence-corrected chi connectivity index (χ4v) is 4.29. The van der Waals surface area contributed by atoms with Crippen molar-refractivity contribution < 1.29 is 4.79 Å². The molecule has 0 radical (unpaired) electrons. The van der Waals surface area contributed by atoms with Gasteiger partial charge in [0, 0.05) is 24.5 Å². The summed E-state index contributed by atoms with van der Waals surface area (Å²) < 4.78 is 0. The van der Waals surface area contributed by atoms with Crippen LogP contribution in [-0.4, -0.2) is 19.0 Å². The number of rotatable bonds is 3. The van der Waals surface area contributed by atoms with Gasteiger partial charge in [-0.25, -0.2) is 0 Å². The summed E-state index contributed by atoms with van der Waals surface area (Å²) >= 11 is 0. The summed E-state index contributed by atoms with van der Waals surface area (Å²) in [6.45, 7) is 4.12. The molecule has 2 aromatic carbocycles. The molecule has 1 aliphatic heterocycles. The quantitative estimate of drug-likeness (QED) is 0.824. The van der Waals surface area contributed by atoms with Crippen molar-refractivity contribution in [2.24, 2.45) is 0 Å². The molecule has 2 aliphatic rings. The number of benzene rings is 2. The van der Waals surface area contributed by atoms with Crippen LogP contribution in [-0.2, 0) is 6.42 Å². The van der Waals surface area contributed by atoms with Crippen LogP contribution in [0.25, 0.3) is 0 Å². The van der Waals surface area contributed by atoms with E-state index in [1.54, 1.807) is 0 Å². The van der Waals surface area contributed by atoms with Crippen molar-refractivity contribution >= 4 is 17.3 Å². The second-order valence-electron chi connectivity index (χ2n) is 7.59. The number of hydrogen-bond acceptors (Lipinski definition) is 3.